The minimum Gasteiger partial charge on any atom is -0.460 e. The molecular weight excluding hydrogens is 330 g/mol. The highest BCUT2D eigenvalue weighted by atomic mass is 19.1. The van der Waals surface area contributed by atoms with Gasteiger partial charge in [-0.2, -0.15) is 0 Å². The maximum atomic E-state index is 13.7. The molecule has 0 aliphatic rings. The summed E-state index contributed by atoms with van der Waals surface area (Å²) in [5, 5.41) is 0. The summed E-state index contributed by atoms with van der Waals surface area (Å²) < 4.78 is 31.2. The Balaban J connectivity index is 2.11. The molecule has 2 aromatic rings. The normalized spacial score (nSPS) is 10.4. The molecule has 0 radical (unpaired) electrons. The fourth-order valence-corrected chi connectivity index (χ4v) is 2.27. The smallest absolute Gasteiger partial charge is 0.375 e. The predicted octanol–water partition coefficient (Wildman–Crippen LogP) is 3.26. The number of rotatable bonds is 7. The van der Waals surface area contributed by atoms with Gasteiger partial charge in [-0.15, -0.1) is 0 Å². The van der Waals surface area contributed by atoms with Gasteiger partial charge in [-0.1, -0.05) is 24.3 Å². The van der Waals surface area contributed by atoms with Gasteiger partial charge < -0.3 is 4.74 Å². The van der Waals surface area contributed by atoms with E-state index in [1.165, 1.54) is 18.2 Å². The number of esters is 1. The van der Waals surface area contributed by atoms with Crippen molar-refractivity contribution in [2.45, 2.75) is 19.8 Å². The van der Waals surface area contributed by atoms with Gasteiger partial charge in [0, 0.05) is 18.1 Å². The molecule has 0 heterocycles. The minimum absolute atomic E-state index is 0.0531. The first-order valence-corrected chi connectivity index (χ1v) is 7.66. The molecule has 6 heteroatoms. The molecule has 25 heavy (non-hydrogen) atoms. The van der Waals surface area contributed by atoms with Gasteiger partial charge in [0.25, 0.3) is 0 Å². The lowest BCUT2D eigenvalue weighted by Gasteiger charge is -2.06. The number of ketones is 2. The monoisotopic (exact) mass is 346 g/mol. The molecule has 0 N–H and O–H groups in total. The lowest BCUT2D eigenvalue weighted by Crippen LogP contribution is -2.20. The Morgan fingerprint density at radius 1 is 1.04 bits per heavy atom. The molecule has 2 aromatic carbocycles. The third-order valence-electron chi connectivity index (χ3n) is 3.48. The highest BCUT2D eigenvalue weighted by Crippen LogP contribution is 2.16. The van der Waals surface area contributed by atoms with E-state index in [9.17, 15) is 23.2 Å². The SMILES string of the molecule is CCOC(=O)C(=O)CC(=O)c1cccc(Cc2ccc(F)cc2F)c1. The van der Waals surface area contributed by atoms with Crippen LogP contribution >= 0.6 is 0 Å². The molecule has 0 saturated carbocycles. The molecule has 0 bridgehead atoms. The molecule has 0 atom stereocenters. The molecule has 2 rings (SSSR count). The van der Waals surface area contributed by atoms with Crippen LogP contribution in [-0.2, 0) is 20.7 Å². The fraction of sp³-hybridized carbons (Fsp3) is 0.211. The third-order valence-corrected chi connectivity index (χ3v) is 3.48. The second-order valence-electron chi connectivity index (χ2n) is 5.36. The first kappa shape index (κ1) is 18.4. The summed E-state index contributed by atoms with van der Waals surface area (Å²) in [6.45, 7) is 1.61. The average Bonchev–Trinajstić information content (AvgIpc) is 2.58. The van der Waals surface area contributed by atoms with Crippen molar-refractivity contribution >= 4 is 17.5 Å². The summed E-state index contributed by atoms with van der Waals surface area (Å²) in [6.07, 6.45) is -0.424. The van der Waals surface area contributed by atoms with Gasteiger partial charge in [-0.3, -0.25) is 9.59 Å². The zero-order valence-electron chi connectivity index (χ0n) is 13.6. The molecule has 0 aliphatic carbocycles. The van der Waals surface area contributed by atoms with Gasteiger partial charge in [0.1, 0.15) is 11.6 Å². The van der Waals surface area contributed by atoms with E-state index in [1.54, 1.807) is 19.1 Å². The second-order valence-corrected chi connectivity index (χ2v) is 5.36. The molecule has 0 amide bonds. The van der Waals surface area contributed by atoms with Gasteiger partial charge in [0.15, 0.2) is 5.78 Å². The molecular formula is C19H16F2O4. The summed E-state index contributed by atoms with van der Waals surface area (Å²) in [7, 11) is 0. The van der Waals surface area contributed by atoms with Crippen molar-refractivity contribution in [1.82, 2.24) is 0 Å². The van der Waals surface area contributed by atoms with Crippen molar-refractivity contribution in [2.75, 3.05) is 6.61 Å². The standard InChI is InChI=1S/C19H16F2O4/c1-2-25-19(24)18(23)11-17(22)14-5-3-4-12(9-14)8-13-6-7-15(20)10-16(13)21/h3-7,9-10H,2,8,11H2,1H3. The van der Waals surface area contributed by atoms with Crippen LogP contribution in [0.5, 0.6) is 0 Å². The summed E-state index contributed by atoms with van der Waals surface area (Å²) >= 11 is 0. The number of benzene rings is 2. The lowest BCUT2D eigenvalue weighted by atomic mass is 9.99. The van der Waals surface area contributed by atoms with Crippen molar-refractivity contribution in [1.29, 1.82) is 0 Å². The Labute approximate surface area is 143 Å². The zero-order chi connectivity index (χ0) is 18.4. The van der Waals surface area contributed by atoms with Gasteiger partial charge in [0.2, 0.25) is 5.78 Å². The van der Waals surface area contributed by atoms with E-state index in [0.29, 0.717) is 5.56 Å². The van der Waals surface area contributed by atoms with E-state index in [0.717, 1.165) is 12.1 Å². The van der Waals surface area contributed by atoms with Crippen molar-refractivity contribution in [2.24, 2.45) is 0 Å². The van der Waals surface area contributed by atoms with Crippen LogP contribution in [0.25, 0.3) is 0 Å². The second kappa shape index (κ2) is 8.28. The topological polar surface area (TPSA) is 60.4 Å². The first-order chi connectivity index (χ1) is 11.9. The number of carbonyl (C=O) groups excluding carboxylic acids is 3. The Morgan fingerprint density at radius 3 is 2.48 bits per heavy atom. The van der Waals surface area contributed by atoms with Gasteiger partial charge in [-0.05, 0) is 30.2 Å². The maximum absolute atomic E-state index is 13.7. The summed E-state index contributed by atoms with van der Waals surface area (Å²) in [6, 6.07) is 9.59. The lowest BCUT2D eigenvalue weighted by molar-refractivity contribution is -0.153. The van der Waals surface area contributed by atoms with Crippen molar-refractivity contribution < 1.29 is 27.9 Å². The summed E-state index contributed by atoms with van der Waals surface area (Å²) in [5.74, 6) is -3.82. The minimum atomic E-state index is -1.04. The quantitative estimate of drug-likeness (QED) is 0.334. The molecule has 0 fully saturated rings. The van der Waals surface area contributed by atoms with Crippen LogP contribution in [0.15, 0.2) is 42.5 Å². The van der Waals surface area contributed by atoms with E-state index in [-0.39, 0.29) is 24.2 Å². The number of Topliss-reactive ketones (excluding diaryl/α,β-unsaturated/α-hetero) is 2. The van der Waals surface area contributed by atoms with E-state index >= 15 is 0 Å². The number of hydrogen-bond acceptors (Lipinski definition) is 4. The number of hydrogen-bond donors (Lipinski definition) is 0. The molecule has 0 aromatic heterocycles. The molecule has 0 unspecified atom stereocenters. The number of ether oxygens (including phenoxy) is 1. The van der Waals surface area contributed by atoms with Crippen molar-refractivity contribution in [3.8, 4) is 0 Å². The predicted molar refractivity (Wildman–Crippen MR) is 86.2 cm³/mol. The van der Waals surface area contributed by atoms with Gasteiger partial charge in [-0.25, -0.2) is 13.6 Å². The fourth-order valence-electron chi connectivity index (χ4n) is 2.27. The van der Waals surface area contributed by atoms with Crippen LogP contribution in [0, 0.1) is 11.6 Å². The van der Waals surface area contributed by atoms with Crippen LogP contribution in [0.4, 0.5) is 8.78 Å². The molecule has 4 nitrogen and oxygen atoms in total. The van der Waals surface area contributed by atoms with E-state index in [4.69, 9.17) is 0 Å². The van der Waals surface area contributed by atoms with Crippen molar-refractivity contribution in [3.63, 3.8) is 0 Å². The number of carbonyl (C=O) groups is 3. The summed E-state index contributed by atoms with van der Waals surface area (Å²) in [4.78, 5) is 35.0. The van der Waals surface area contributed by atoms with Gasteiger partial charge >= 0.3 is 5.97 Å². The molecule has 0 aliphatic heterocycles. The van der Waals surface area contributed by atoms with E-state index < -0.39 is 35.6 Å². The van der Waals surface area contributed by atoms with Gasteiger partial charge in [0.05, 0.1) is 13.0 Å². The highest BCUT2D eigenvalue weighted by Gasteiger charge is 2.20. The van der Waals surface area contributed by atoms with Crippen LogP contribution < -0.4 is 0 Å². The first-order valence-electron chi connectivity index (χ1n) is 7.66. The largest absolute Gasteiger partial charge is 0.460 e. The highest BCUT2D eigenvalue weighted by molar-refractivity contribution is 6.38. The summed E-state index contributed by atoms with van der Waals surface area (Å²) in [5.41, 5.74) is 1.14. The Morgan fingerprint density at radius 2 is 1.80 bits per heavy atom. The Kier molecular flexibility index (Phi) is 6.11. The third kappa shape index (κ3) is 5.04. The Hall–Kier alpha value is -2.89. The van der Waals surface area contributed by atoms with E-state index in [2.05, 4.69) is 4.74 Å². The molecule has 130 valence electrons. The van der Waals surface area contributed by atoms with Crippen LogP contribution in [-0.4, -0.2) is 24.1 Å². The van der Waals surface area contributed by atoms with E-state index in [1.807, 2.05) is 0 Å². The molecule has 0 saturated heterocycles. The van der Waals surface area contributed by atoms with Crippen LogP contribution in [0.2, 0.25) is 0 Å². The van der Waals surface area contributed by atoms with Crippen LogP contribution in [0.1, 0.15) is 34.8 Å². The Bertz CT molecular complexity index is 815. The average molecular weight is 346 g/mol. The number of halogens is 2. The maximum Gasteiger partial charge on any atom is 0.375 e. The molecule has 0 spiro atoms. The van der Waals surface area contributed by atoms with Crippen LogP contribution in [0.3, 0.4) is 0 Å². The zero-order valence-corrected chi connectivity index (χ0v) is 13.6. The van der Waals surface area contributed by atoms with Crippen molar-refractivity contribution in [3.05, 3.63) is 70.8 Å².